The van der Waals surface area contributed by atoms with Gasteiger partial charge in [0.05, 0.1) is 31.5 Å². The molecule has 4 heterocycles. The zero-order chi connectivity index (χ0) is 81.9. The molecule has 3 saturated heterocycles. The van der Waals surface area contributed by atoms with Gasteiger partial charge in [-0.05, 0) is 159 Å². The van der Waals surface area contributed by atoms with Crippen molar-refractivity contribution in [3.63, 3.8) is 0 Å². The number of likely N-dealkylation sites (N-methyl/N-ethyl adjacent to an activating group) is 7. The summed E-state index contributed by atoms with van der Waals surface area (Å²) < 4.78 is 122. The molecule has 25 nitrogen and oxygen atoms in total. The second kappa shape index (κ2) is 38.7. The first kappa shape index (κ1) is 89.3. The van der Waals surface area contributed by atoms with Gasteiger partial charge in [0.25, 0.3) is 0 Å². The van der Waals surface area contributed by atoms with Crippen LogP contribution in [0.15, 0.2) is 12.2 Å². The summed E-state index contributed by atoms with van der Waals surface area (Å²) >= 11 is 0. The first-order valence-corrected chi connectivity index (χ1v) is 40.3. The second-order valence-corrected chi connectivity index (χ2v) is 32.8. The zero-order valence-corrected chi connectivity index (χ0v) is 66.6. The molecular weight excluding hydrogens is 1460 g/mol. The number of amides is 12. The summed E-state index contributed by atoms with van der Waals surface area (Å²) in [5, 5.41) is 5.53. The van der Waals surface area contributed by atoms with Crippen molar-refractivity contribution in [3.05, 3.63) is 12.2 Å². The topological polar surface area (TPSA) is 271 Å². The van der Waals surface area contributed by atoms with Crippen LogP contribution in [0.1, 0.15) is 195 Å². The first-order chi connectivity index (χ1) is 52.3. The standard InChI is InChI=1S/C78H120F8N12O13/c1-12-24-56-67(102)88-65(47(4)13-2)73(108)90(6)46-63(101)92(8)57-27-17-15-22-38-97(72(57)107)59(41-48-28-31-51(32-29-48)77(81,82)83)69(104)89(5)45-61(99)87-55(33-30-49-39-53(79)64(54(80)40-49)78(84,85)86)68(103)98-44-52(111-14-3)42-60(98)70(105)95(11)76(34-23-35-76)75(110)94(10)66(50-25-18-19-26-50)74(109)93(9)58(43-62(100)91(56)7)71(106)96-36-20-16-21-37-96/h15,17,47-60,64-66H,12-14,16,18-46H2,1-11H3,(H,87,99)(H,88,102)/b17-15-/t47-,48?,49?,51?,52+,53?,54?,55-,56-,57-,58-,59-,60-,64?,65-,66-/m0/s1. The van der Waals surface area contributed by atoms with Crippen LogP contribution in [-0.2, 0) is 62.3 Å². The Balaban J connectivity index is 1.22. The van der Waals surface area contributed by atoms with E-state index in [4.69, 9.17) is 4.74 Å². The smallest absolute Gasteiger partial charge is 0.377 e. The van der Waals surface area contributed by atoms with Crippen LogP contribution < -0.4 is 10.6 Å². The molecule has 12 atom stereocenters. The van der Waals surface area contributed by atoms with Crippen LogP contribution >= 0.6 is 0 Å². The molecule has 0 aromatic rings. The molecule has 1 spiro atoms. The van der Waals surface area contributed by atoms with E-state index in [0.717, 1.165) is 26.0 Å². The minimum atomic E-state index is -5.22. The van der Waals surface area contributed by atoms with Crippen molar-refractivity contribution in [1.82, 2.24) is 59.6 Å². The highest BCUT2D eigenvalue weighted by Gasteiger charge is 2.58. The molecule has 2 bridgehead atoms. The summed E-state index contributed by atoms with van der Waals surface area (Å²) in [4.78, 5) is 196. The lowest BCUT2D eigenvalue weighted by Crippen LogP contribution is -2.68. The van der Waals surface area contributed by atoms with E-state index in [9.17, 15) is 45.5 Å². The number of carbonyl (C=O) groups excluding carboxylic acids is 12. The summed E-state index contributed by atoms with van der Waals surface area (Å²) in [6.07, 6.45) is -10.4. The molecule has 4 aliphatic heterocycles. The van der Waals surface area contributed by atoms with Gasteiger partial charge in [-0.15, -0.1) is 0 Å². The lowest BCUT2D eigenvalue weighted by atomic mass is 9.73. The second-order valence-electron chi connectivity index (χ2n) is 32.8. The van der Waals surface area contributed by atoms with Gasteiger partial charge in [0.1, 0.15) is 72.1 Å². The summed E-state index contributed by atoms with van der Waals surface area (Å²) in [6.45, 7) is 5.76. The lowest BCUT2D eigenvalue weighted by molar-refractivity contribution is -0.219. The molecule has 8 rings (SSSR count). The Kier molecular flexibility index (Phi) is 31.2. The summed E-state index contributed by atoms with van der Waals surface area (Å²) in [5.41, 5.74) is -1.64. The van der Waals surface area contributed by atoms with Gasteiger partial charge in [0.15, 0.2) is 0 Å². The number of fused-ring (bicyclic) bond motifs is 3. The van der Waals surface area contributed by atoms with E-state index in [1.54, 1.807) is 44.7 Å². The van der Waals surface area contributed by atoms with Crippen LogP contribution in [0, 0.1) is 35.5 Å². The number of nitrogens with zero attached hydrogens (tertiary/aromatic N) is 10. The zero-order valence-electron chi connectivity index (χ0n) is 66.6. The molecule has 0 radical (unpaired) electrons. The van der Waals surface area contributed by atoms with Gasteiger partial charge < -0.3 is 64.4 Å². The van der Waals surface area contributed by atoms with E-state index in [-0.39, 0.29) is 96.7 Å². The van der Waals surface area contributed by atoms with E-state index in [0.29, 0.717) is 70.9 Å². The van der Waals surface area contributed by atoms with Gasteiger partial charge in [-0.25, -0.2) is 8.78 Å². The SMILES string of the molecule is CCC[C@H]1C(=O)N[C@@H]([C@@H](C)CC)C(=O)N(C)CC(=O)N(C)[C@H]2C/C=C\CCN(C2=O)[C@@H](CC2CCC(C(F)(F)F)CC2)C(=O)N(C)CC(=O)N[C@@H](CCC2CC(F)C(C(F)(F)F)C(F)C2)C(=O)N2C[C@H](OCC)C[C@H]2C(=O)N(C)C2(CCC2)C(=O)N(C)[C@@H](C2CCCC2)C(=O)N(C)[C@H](C(=O)N2CCCCC2)CC(=O)N1C. The normalized spacial score (nSPS) is 32.4. The van der Waals surface area contributed by atoms with Crippen molar-refractivity contribution >= 4 is 70.9 Å². The monoisotopic (exact) mass is 1580 g/mol. The number of likely N-dealkylation sites (tertiary alicyclic amines) is 1. The molecule has 8 aliphatic rings. The Morgan fingerprint density at radius 3 is 1.80 bits per heavy atom. The van der Waals surface area contributed by atoms with Gasteiger partial charge in [-0.3, -0.25) is 57.5 Å². The van der Waals surface area contributed by atoms with Gasteiger partial charge in [0, 0.05) is 88.5 Å². The quantitative estimate of drug-likeness (QED) is 0.135. The fourth-order valence-corrected chi connectivity index (χ4v) is 18.3. The van der Waals surface area contributed by atoms with E-state index in [2.05, 4.69) is 10.6 Å². The van der Waals surface area contributed by atoms with E-state index < -0.39 is 230 Å². The minimum Gasteiger partial charge on any atom is -0.377 e. The molecule has 4 aliphatic carbocycles. The minimum absolute atomic E-state index is 0.00204. The molecular formula is C78H120F8N12O13. The van der Waals surface area contributed by atoms with Crippen molar-refractivity contribution in [3.8, 4) is 0 Å². The number of halogens is 8. The summed E-state index contributed by atoms with van der Waals surface area (Å²) in [5.74, 6) is -16.3. The highest BCUT2D eigenvalue weighted by Crippen LogP contribution is 2.47. The first-order valence-electron chi connectivity index (χ1n) is 40.3. The summed E-state index contributed by atoms with van der Waals surface area (Å²) in [6, 6.07) is -11.2. The molecule has 626 valence electrons. The van der Waals surface area contributed by atoms with Gasteiger partial charge >= 0.3 is 12.4 Å². The molecule has 7 fully saturated rings. The van der Waals surface area contributed by atoms with Crippen molar-refractivity contribution in [2.24, 2.45) is 35.5 Å². The third-order valence-electron chi connectivity index (χ3n) is 25.6. The Hall–Kier alpha value is -7.22. The molecule has 0 aromatic heterocycles. The number of piperidine rings is 1. The lowest BCUT2D eigenvalue weighted by Gasteiger charge is -2.51. The predicted octanol–water partition coefficient (Wildman–Crippen LogP) is 7.37. The van der Waals surface area contributed by atoms with Gasteiger partial charge in [-0.1, -0.05) is 58.6 Å². The number of hydrogen-bond acceptors (Lipinski definition) is 13. The maximum Gasteiger partial charge on any atom is 0.397 e. The Morgan fingerprint density at radius 2 is 1.23 bits per heavy atom. The maximum atomic E-state index is 15.8. The van der Waals surface area contributed by atoms with Gasteiger partial charge in [0.2, 0.25) is 70.9 Å². The van der Waals surface area contributed by atoms with Crippen molar-refractivity contribution in [1.29, 1.82) is 0 Å². The van der Waals surface area contributed by atoms with E-state index >= 15 is 47.1 Å². The van der Waals surface area contributed by atoms with Crippen LogP contribution in [0.3, 0.4) is 0 Å². The van der Waals surface area contributed by atoms with Crippen LogP contribution in [0.25, 0.3) is 0 Å². The Morgan fingerprint density at radius 1 is 0.595 bits per heavy atom. The number of ether oxygens (including phenoxy) is 1. The average molecular weight is 1590 g/mol. The Labute approximate surface area is 647 Å². The molecule has 12 amide bonds. The number of hydrogen-bond donors (Lipinski definition) is 2. The summed E-state index contributed by atoms with van der Waals surface area (Å²) in [7, 11) is 9.56. The number of alkyl halides is 8. The van der Waals surface area contributed by atoms with Crippen LogP contribution in [0.2, 0.25) is 0 Å². The third kappa shape index (κ3) is 21.0. The van der Waals surface area contributed by atoms with Crippen LogP contribution in [-0.4, -0.2) is 300 Å². The van der Waals surface area contributed by atoms with E-state index in [1.807, 2.05) is 0 Å². The van der Waals surface area contributed by atoms with Crippen LogP contribution in [0.5, 0.6) is 0 Å². The van der Waals surface area contributed by atoms with Crippen molar-refractivity contribution < 1.29 is 97.4 Å². The predicted molar refractivity (Wildman–Crippen MR) is 393 cm³/mol. The molecule has 0 aromatic carbocycles. The third-order valence-corrected chi connectivity index (χ3v) is 25.6. The Bertz CT molecular complexity index is 3320. The highest BCUT2D eigenvalue weighted by atomic mass is 19.4. The van der Waals surface area contributed by atoms with Crippen molar-refractivity contribution in [2.45, 2.75) is 279 Å². The molecule has 111 heavy (non-hydrogen) atoms. The molecule has 2 N–H and O–H groups in total. The van der Waals surface area contributed by atoms with Gasteiger partial charge in [-0.2, -0.15) is 26.3 Å². The largest absolute Gasteiger partial charge is 0.397 e. The highest BCUT2D eigenvalue weighted by molar-refractivity contribution is 6.01. The average Bonchev–Trinajstić information content (AvgIpc) is 1.64. The maximum absolute atomic E-state index is 15.8. The molecule has 33 heteroatoms. The molecule has 2 unspecified atom stereocenters. The molecule has 4 saturated carbocycles. The number of carbonyl (C=O) groups is 12. The number of rotatable bonds is 13. The van der Waals surface area contributed by atoms with Crippen LogP contribution in [0.4, 0.5) is 35.1 Å². The fourth-order valence-electron chi connectivity index (χ4n) is 18.3. The number of nitrogens with one attached hydrogen (secondary N) is 2. The van der Waals surface area contributed by atoms with E-state index in [1.165, 1.54) is 73.8 Å². The fraction of sp³-hybridized carbons (Fsp3) is 0.821. The van der Waals surface area contributed by atoms with Crippen molar-refractivity contribution in [2.75, 3.05) is 95.2 Å².